The van der Waals surface area contributed by atoms with Crippen molar-refractivity contribution in [2.24, 2.45) is 0 Å². The second kappa shape index (κ2) is 7.64. The van der Waals surface area contributed by atoms with E-state index < -0.39 is 29.4 Å². The molecule has 0 radical (unpaired) electrons. The Morgan fingerprint density at radius 2 is 1.97 bits per heavy atom. The summed E-state index contributed by atoms with van der Waals surface area (Å²) in [5.74, 6) is 0.356. The Morgan fingerprint density at radius 3 is 2.73 bits per heavy atom. The second-order valence-electron chi connectivity index (χ2n) is 7.29. The minimum Gasteiger partial charge on any atom is -0.454 e. The summed E-state index contributed by atoms with van der Waals surface area (Å²) in [5, 5.41) is 5.49. The number of urea groups is 1. The Balaban J connectivity index is 1.46. The molecule has 0 saturated carbocycles. The molecule has 156 valence electrons. The number of imide groups is 1. The van der Waals surface area contributed by atoms with E-state index in [9.17, 15) is 14.4 Å². The van der Waals surface area contributed by atoms with Gasteiger partial charge in [0, 0.05) is 16.6 Å². The molecule has 1 fully saturated rings. The molecular formula is C21H20BrN3O5. The van der Waals surface area contributed by atoms with Crippen molar-refractivity contribution in [1.29, 1.82) is 0 Å². The van der Waals surface area contributed by atoms with Gasteiger partial charge in [0.1, 0.15) is 11.6 Å². The minimum atomic E-state index is -1.26. The number of hydrogen-bond donors (Lipinski definition) is 2. The summed E-state index contributed by atoms with van der Waals surface area (Å²) in [6, 6.07) is 11.0. The van der Waals surface area contributed by atoms with Crippen LogP contribution in [0.15, 0.2) is 46.9 Å². The maximum absolute atomic E-state index is 13.1. The number of nitrogens with one attached hydrogen (secondary N) is 2. The third kappa shape index (κ3) is 3.39. The molecule has 9 heteroatoms. The average molecular weight is 474 g/mol. The van der Waals surface area contributed by atoms with Crippen LogP contribution in [0.4, 0.5) is 4.79 Å². The second-order valence-corrected chi connectivity index (χ2v) is 8.15. The third-order valence-corrected chi connectivity index (χ3v) is 6.00. The normalized spacial score (nSPS) is 20.8. The lowest BCUT2D eigenvalue weighted by molar-refractivity contribution is -0.137. The van der Waals surface area contributed by atoms with Crippen molar-refractivity contribution in [2.75, 3.05) is 6.79 Å². The number of hydrogen-bond acceptors (Lipinski definition) is 5. The highest BCUT2D eigenvalue weighted by Crippen LogP contribution is 2.35. The first-order chi connectivity index (χ1) is 14.3. The first-order valence-corrected chi connectivity index (χ1v) is 10.2. The number of fused-ring (bicyclic) bond motifs is 1. The summed E-state index contributed by atoms with van der Waals surface area (Å²) < 4.78 is 11.3. The van der Waals surface area contributed by atoms with Gasteiger partial charge in [0.25, 0.3) is 5.91 Å². The zero-order valence-corrected chi connectivity index (χ0v) is 18.0. The van der Waals surface area contributed by atoms with E-state index in [0.29, 0.717) is 21.5 Å². The van der Waals surface area contributed by atoms with E-state index >= 15 is 0 Å². The molecule has 2 atom stereocenters. The van der Waals surface area contributed by atoms with E-state index in [1.54, 1.807) is 37.3 Å². The number of ether oxygens (including phenoxy) is 2. The van der Waals surface area contributed by atoms with Gasteiger partial charge in [0.15, 0.2) is 11.5 Å². The van der Waals surface area contributed by atoms with Crippen molar-refractivity contribution < 1.29 is 23.9 Å². The summed E-state index contributed by atoms with van der Waals surface area (Å²) in [7, 11) is 0. The molecular weight excluding hydrogens is 454 g/mol. The summed E-state index contributed by atoms with van der Waals surface area (Å²) in [6.45, 7) is 3.55. The molecule has 2 heterocycles. The first-order valence-electron chi connectivity index (χ1n) is 9.38. The zero-order chi connectivity index (χ0) is 21.5. The molecule has 2 N–H and O–H groups in total. The van der Waals surface area contributed by atoms with E-state index in [2.05, 4.69) is 26.6 Å². The molecule has 30 heavy (non-hydrogen) atoms. The van der Waals surface area contributed by atoms with E-state index in [0.717, 1.165) is 10.5 Å². The van der Waals surface area contributed by atoms with Crippen molar-refractivity contribution in [3.05, 3.63) is 58.1 Å². The Bertz CT molecular complexity index is 1040. The molecule has 0 spiro atoms. The molecule has 0 aliphatic carbocycles. The highest BCUT2D eigenvalue weighted by molar-refractivity contribution is 9.10. The van der Waals surface area contributed by atoms with Gasteiger partial charge in [0.05, 0.1) is 0 Å². The van der Waals surface area contributed by atoms with Crippen molar-refractivity contribution in [3.8, 4) is 11.5 Å². The SMILES string of the molecule is C[C@H](C(=O)NCc1ccc2c(c1)OCO2)N1C(=O)N[C@](C)(c2ccccc2Br)C1=O. The van der Waals surface area contributed by atoms with Gasteiger partial charge in [-0.1, -0.05) is 40.2 Å². The standard InChI is InChI=1S/C21H20BrN3O5/c1-12(18(26)23-10-13-7-8-16-17(9-13)30-11-29-16)25-19(27)21(2,24-20(25)28)14-5-3-4-6-15(14)22/h3-9,12H,10-11H2,1-2H3,(H,23,26)(H,24,28)/t12-,21-/m1/s1. The van der Waals surface area contributed by atoms with E-state index in [1.165, 1.54) is 6.92 Å². The zero-order valence-electron chi connectivity index (χ0n) is 16.4. The van der Waals surface area contributed by atoms with Gasteiger partial charge in [-0.3, -0.25) is 9.59 Å². The Kier molecular flexibility index (Phi) is 5.15. The van der Waals surface area contributed by atoms with Gasteiger partial charge in [-0.25, -0.2) is 9.69 Å². The van der Waals surface area contributed by atoms with E-state index in [1.807, 2.05) is 12.1 Å². The van der Waals surface area contributed by atoms with Crippen molar-refractivity contribution in [3.63, 3.8) is 0 Å². The summed E-state index contributed by atoms with van der Waals surface area (Å²) in [6.07, 6.45) is 0. The van der Waals surface area contributed by atoms with Crippen LogP contribution in [0.1, 0.15) is 25.0 Å². The predicted octanol–water partition coefficient (Wildman–Crippen LogP) is 2.65. The number of halogens is 1. The van der Waals surface area contributed by atoms with Crippen LogP contribution in [0.5, 0.6) is 11.5 Å². The van der Waals surface area contributed by atoms with Crippen LogP contribution in [-0.4, -0.2) is 35.6 Å². The van der Waals surface area contributed by atoms with Gasteiger partial charge in [0.2, 0.25) is 12.7 Å². The number of benzene rings is 2. The third-order valence-electron chi connectivity index (χ3n) is 5.31. The summed E-state index contributed by atoms with van der Waals surface area (Å²) in [5.41, 5.74) is 0.178. The van der Waals surface area contributed by atoms with Crippen LogP contribution in [0, 0.1) is 0 Å². The fourth-order valence-electron chi connectivity index (χ4n) is 3.57. The number of carbonyl (C=O) groups is 3. The van der Waals surface area contributed by atoms with Crippen LogP contribution in [0.3, 0.4) is 0 Å². The van der Waals surface area contributed by atoms with Crippen LogP contribution >= 0.6 is 15.9 Å². The quantitative estimate of drug-likeness (QED) is 0.650. The van der Waals surface area contributed by atoms with Gasteiger partial charge >= 0.3 is 6.03 Å². The molecule has 2 aromatic rings. The molecule has 0 aromatic heterocycles. The molecule has 4 amide bonds. The first kappa shape index (κ1) is 20.2. The molecule has 1 saturated heterocycles. The smallest absolute Gasteiger partial charge is 0.326 e. The maximum atomic E-state index is 13.1. The summed E-state index contributed by atoms with van der Waals surface area (Å²) >= 11 is 3.43. The summed E-state index contributed by atoms with van der Waals surface area (Å²) in [4.78, 5) is 39.4. The van der Waals surface area contributed by atoms with Crippen LogP contribution in [0.2, 0.25) is 0 Å². The van der Waals surface area contributed by atoms with Gasteiger partial charge in [-0.05, 0) is 37.6 Å². The molecule has 8 nitrogen and oxygen atoms in total. The number of rotatable bonds is 5. The Morgan fingerprint density at radius 1 is 1.23 bits per heavy atom. The Labute approximate surface area is 181 Å². The highest BCUT2D eigenvalue weighted by Gasteiger charge is 2.52. The maximum Gasteiger partial charge on any atom is 0.326 e. The topological polar surface area (TPSA) is 97.0 Å². The van der Waals surface area contributed by atoms with Crippen molar-refractivity contribution in [2.45, 2.75) is 32.0 Å². The lowest BCUT2D eigenvalue weighted by Crippen LogP contribution is -2.49. The van der Waals surface area contributed by atoms with Gasteiger partial charge in [-0.2, -0.15) is 0 Å². The van der Waals surface area contributed by atoms with Crippen LogP contribution in [-0.2, 0) is 21.7 Å². The average Bonchev–Trinajstić information content (AvgIpc) is 3.28. The molecule has 0 bridgehead atoms. The van der Waals surface area contributed by atoms with Gasteiger partial charge < -0.3 is 20.1 Å². The number of nitrogens with zero attached hydrogens (tertiary/aromatic N) is 1. The lowest BCUT2D eigenvalue weighted by atomic mass is 9.92. The van der Waals surface area contributed by atoms with E-state index in [-0.39, 0.29) is 13.3 Å². The molecule has 2 aliphatic heterocycles. The monoisotopic (exact) mass is 473 g/mol. The fourth-order valence-corrected chi connectivity index (χ4v) is 4.25. The van der Waals surface area contributed by atoms with Crippen molar-refractivity contribution >= 4 is 33.8 Å². The molecule has 0 unspecified atom stereocenters. The molecule has 4 rings (SSSR count). The minimum absolute atomic E-state index is 0.171. The largest absolute Gasteiger partial charge is 0.454 e. The Hall–Kier alpha value is -3.07. The highest BCUT2D eigenvalue weighted by atomic mass is 79.9. The predicted molar refractivity (Wildman–Crippen MR) is 111 cm³/mol. The number of carbonyl (C=O) groups excluding carboxylic acids is 3. The molecule has 2 aromatic carbocycles. The molecule has 2 aliphatic rings. The van der Waals surface area contributed by atoms with Crippen LogP contribution < -0.4 is 20.1 Å². The fraction of sp³-hybridized carbons (Fsp3) is 0.286. The van der Waals surface area contributed by atoms with Crippen molar-refractivity contribution in [1.82, 2.24) is 15.5 Å². The van der Waals surface area contributed by atoms with Crippen LogP contribution in [0.25, 0.3) is 0 Å². The lowest BCUT2D eigenvalue weighted by Gasteiger charge is -2.25. The van der Waals surface area contributed by atoms with E-state index in [4.69, 9.17) is 9.47 Å². The number of amides is 4. The van der Waals surface area contributed by atoms with Gasteiger partial charge in [-0.15, -0.1) is 0 Å².